The maximum Gasteiger partial charge on any atom is 0.00980 e. The third-order valence-electron chi connectivity index (χ3n) is 4.17. The summed E-state index contributed by atoms with van der Waals surface area (Å²) in [6.07, 6.45) is 11.6. The van der Waals surface area contributed by atoms with Crippen molar-refractivity contribution in [3.63, 3.8) is 0 Å². The van der Waals surface area contributed by atoms with Gasteiger partial charge in [-0.15, -0.1) is 0 Å². The van der Waals surface area contributed by atoms with Crippen LogP contribution in [0.15, 0.2) is 0 Å². The zero-order valence-corrected chi connectivity index (χ0v) is 9.60. The summed E-state index contributed by atoms with van der Waals surface area (Å²) < 4.78 is 0. The Morgan fingerprint density at radius 1 is 1.07 bits per heavy atom. The molecule has 0 spiro atoms. The molecule has 0 aliphatic heterocycles. The third kappa shape index (κ3) is 2.50. The van der Waals surface area contributed by atoms with Gasteiger partial charge in [-0.2, -0.15) is 0 Å². The van der Waals surface area contributed by atoms with E-state index >= 15 is 0 Å². The zero-order chi connectivity index (χ0) is 9.80. The molecule has 0 saturated heterocycles. The van der Waals surface area contributed by atoms with Crippen molar-refractivity contribution in [2.45, 2.75) is 64.3 Å². The average molecular weight is 195 g/mol. The standard InChI is InChI=1S/C13H25N/c1-2-3-4-5-8-14-13-10-11-6-7-12(13)9-11/h11-14H,2-10H2,1H3/t11-,12-,13+/m1/s1. The van der Waals surface area contributed by atoms with Crippen molar-refractivity contribution in [3.05, 3.63) is 0 Å². The molecule has 2 rings (SSSR count). The van der Waals surface area contributed by atoms with E-state index in [2.05, 4.69) is 12.2 Å². The van der Waals surface area contributed by atoms with Crippen molar-refractivity contribution in [2.75, 3.05) is 6.54 Å². The van der Waals surface area contributed by atoms with Crippen LogP contribution in [0.3, 0.4) is 0 Å². The lowest BCUT2D eigenvalue weighted by Gasteiger charge is -2.22. The molecule has 2 aliphatic rings. The minimum absolute atomic E-state index is 0.898. The first-order valence-electron chi connectivity index (χ1n) is 6.63. The lowest BCUT2D eigenvalue weighted by atomic mass is 9.95. The highest BCUT2D eigenvalue weighted by Crippen LogP contribution is 2.44. The summed E-state index contributed by atoms with van der Waals surface area (Å²) >= 11 is 0. The van der Waals surface area contributed by atoms with Crippen molar-refractivity contribution in [1.29, 1.82) is 0 Å². The van der Waals surface area contributed by atoms with Crippen LogP contribution in [-0.4, -0.2) is 12.6 Å². The van der Waals surface area contributed by atoms with Crippen LogP contribution >= 0.6 is 0 Å². The van der Waals surface area contributed by atoms with E-state index in [1.807, 2.05) is 0 Å². The van der Waals surface area contributed by atoms with E-state index < -0.39 is 0 Å². The van der Waals surface area contributed by atoms with Crippen molar-refractivity contribution in [3.8, 4) is 0 Å². The summed E-state index contributed by atoms with van der Waals surface area (Å²) in [5.74, 6) is 2.14. The van der Waals surface area contributed by atoms with Gasteiger partial charge in [-0.05, 0) is 44.1 Å². The van der Waals surface area contributed by atoms with Crippen LogP contribution in [0.4, 0.5) is 0 Å². The van der Waals surface area contributed by atoms with Gasteiger partial charge in [0.2, 0.25) is 0 Å². The van der Waals surface area contributed by atoms with Crippen LogP contribution in [0, 0.1) is 11.8 Å². The number of hydrogen-bond donors (Lipinski definition) is 1. The van der Waals surface area contributed by atoms with E-state index in [9.17, 15) is 0 Å². The molecule has 82 valence electrons. The van der Waals surface area contributed by atoms with Crippen LogP contribution < -0.4 is 5.32 Å². The summed E-state index contributed by atoms with van der Waals surface area (Å²) in [5, 5.41) is 3.77. The highest BCUT2D eigenvalue weighted by molar-refractivity contribution is 4.93. The molecule has 0 radical (unpaired) electrons. The van der Waals surface area contributed by atoms with Crippen LogP contribution in [0.1, 0.15) is 58.3 Å². The van der Waals surface area contributed by atoms with E-state index in [4.69, 9.17) is 0 Å². The summed E-state index contributed by atoms with van der Waals surface area (Å²) in [7, 11) is 0. The Balaban J connectivity index is 1.54. The summed E-state index contributed by atoms with van der Waals surface area (Å²) in [4.78, 5) is 0. The van der Waals surface area contributed by atoms with E-state index in [0.717, 1.165) is 17.9 Å². The molecular formula is C13H25N. The van der Waals surface area contributed by atoms with Gasteiger partial charge < -0.3 is 5.32 Å². The van der Waals surface area contributed by atoms with Crippen LogP contribution in [0.2, 0.25) is 0 Å². The first-order chi connectivity index (χ1) is 6.90. The monoisotopic (exact) mass is 195 g/mol. The molecule has 1 nitrogen and oxygen atoms in total. The second-order valence-corrected chi connectivity index (χ2v) is 5.30. The molecule has 0 aromatic rings. The van der Waals surface area contributed by atoms with Crippen LogP contribution in [0.25, 0.3) is 0 Å². The van der Waals surface area contributed by atoms with Crippen LogP contribution in [0.5, 0.6) is 0 Å². The predicted molar refractivity (Wildman–Crippen MR) is 61.4 cm³/mol. The highest BCUT2D eigenvalue weighted by atomic mass is 14.9. The molecule has 2 saturated carbocycles. The molecule has 0 amide bonds. The summed E-state index contributed by atoms with van der Waals surface area (Å²) in [6, 6.07) is 0.898. The molecular weight excluding hydrogens is 170 g/mol. The number of fused-ring (bicyclic) bond motifs is 2. The lowest BCUT2D eigenvalue weighted by molar-refractivity contribution is 0.349. The minimum atomic E-state index is 0.898. The molecule has 2 aliphatic carbocycles. The average Bonchev–Trinajstić information content (AvgIpc) is 2.79. The Morgan fingerprint density at radius 3 is 2.64 bits per heavy atom. The van der Waals surface area contributed by atoms with E-state index in [1.165, 1.54) is 57.9 Å². The fraction of sp³-hybridized carbons (Fsp3) is 1.00. The maximum atomic E-state index is 3.77. The fourth-order valence-corrected chi connectivity index (χ4v) is 3.33. The second kappa shape index (κ2) is 5.16. The van der Waals surface area contributed by atoms with Gasteiger partial charge in [-0.3, -0.25) is 0 Å². The van der Waals surface area contributed by atoms with Gasteiger partial charge in [0.05, 0.1) is 0 Å². The maximum absolute atomic E-state index is 3.77. The van der Waals surface area contributed by atoms with Gasteiger partial charge in [0, 0.05) is 6.04 Å². The Bertz CT molecular complexity index is 167. The second-order valence-electron chi connectivity index (χ2n) is 5.30. The Hall–Kier alpha value is -0.0400. The molecule has 1 N–H and O–H groups in total. The molecule has 3 atom stereocenters. The first-order valence-corrected chi connectivity index (χ1v) is 6.63. The van der Waals surface area contributed by atoms with Gasteiger partial charge in [-0.25, -0.2) is 0 Å². The van der Waals surface area contributed by atoms with Gasteiger partial charge in [0.25, 0.3) is 0 Å². The third-order valence-corrected chi connectivity index (χ3v) is 4.17. The number of unbranched alkanes of at least 4 members (excludes halogenated alkanes) is 3. The summed E-state index contributed by atoms with van der Waals surface area (Å²) in [5.41, 5.74) is 0. The SMILES string of the molecule is CCCCCCN[C@H]1C[C@@H]2CC[C@@H]1C2. The van der Waals surface area contributed by atoms with Gasteiger partial charge in [-0.1, -0.05) is 32.6 Å². The van der Waals surface area contributed by atoms with Gasteiger partial charge in [0.15, 0.2) is 0 Å². The molecule has 1 heteroatoms. The van der Waals surface area contributed by atoms with Crippen LogP contribution in [-0.2, 0) is 0 Å². The zero-order valence-electron chi connectivity index (χ0n) is 9.60. The van der Waals surface area contributed by atoms with Crippen molar-refractivity contribution < 1.29 is 0 Å². The molecule has 2 bridgehead atoms. The summed E-state index contributed by atoms with van der Waals surface area (Å²) in [6.45, 7) is 3.55. The highest BCUT2D eigenvalue weighted by Gasteiger charge is 2.38. The first kappa shape index (κ1) is 10.5. The normalized spacial score (nSPS) is 35.4. The smallest absolute Gasteiger partial charge is 0.00980 e. The molecule has 0 heterocycles. The Morgan fingerprint density at radius 2 is 2.00 bits per heavy atom. The van der Waals surface area contributed by atoms with Crippen molar-refractivity contribution in [2.24, 2.45) is 11.8 Å². The van der Waals surface area contributed by atoms with E-state index in [1.54, 1.807) is 0 Å². The van der Waals surface area contributed by atoms with Gasteiger partial charge in [0.1, 0.15) is 0 Å². The minimum Gasteiger partial charge on any atom is -0.314 e. The largest absolute Gasteiger partial charge is 0.314 e. The number of rotatable bonds is 6. The number of hydrogen-bond acceptors (Lipinski definition) is 1. The van der Waals surface area contributed by atoms with Crippen molar-refractivity contribution >= 4 is 0 Å². The quantitative estimate of drug-likeness (QED) is 0.641. The Kier molecular flexibility index (Phi) is 3.86. The molecule has 2 fully saturated rings. The lowest BCUT2D eigenvalue weighted by Crippen LogP contribution is -2.34. The van der Waals surface area contributed by atoms with E-state index in [-0.39, 0.29) is 0 Å². The molecule has 0 aromatic carbocycles. The van der Waals surface area contributed by atoms with Gasteiger partial charge >= 0.3 is 0 Å². The number of nitrogens with one attached hydrogen (secondary N) is 1. The molecule has 14 heavy (non-hydrogen) atoms. The van der Waals surface area contributed by atoms with Crippen molar-refractivity contribution in [1.82, 2.24) is 5.32 Å². The molecule has 0 aromatic heterocycles. The predicted octanol–water partition coefficient (Wildman–Crippen LogP) is 3.34. The fourth-order valence-electron chi connectivity index (χ4n) is 3.33. The Labute approximate surface area is 88.7 Å². The topological polar surface area (TPSA) is 12.0 Å². The van der Waals surface area contributed by atoms with E-state index in [0.29, 0.717) is 0 Å². The molecule has 0 unspecified atom stereocenters.